The van der Waals surface area contributed by atoms with E-state index in [0.717, 1.165) is 16.9 Å². The second-order valence-electron chi connectivity index (χ2n) is 5.87. The first-order valence-electron chi connectivity index (χ1n) is 8.83. The van der Waals surface area contributed by atoms with Crippen LogP contribution in [0.1, 0.15) is 12.5 Å². The number of thiazole rings is 1. The molecule has 146 valence electrons. The molecular weight excluding hydrogens is 388 g/mol. The van der Waals surface area contributed by atoms with Gasteiger partial charge in [0.05, 0.1) is 23.9 Å². The molecule has 1 aromatic heterocycles. The average molecular weight is 406 g/mol. The molecule has 0 saturated carbocycles. The van der Waals surface area contributed by atoms with Crippen molar-refractivity contribution in [2.75, 3.05) is 13.7 Å². The molecule has 0 fully saturated rings. The third-order valence-corrected chi connectivity index (χ3v) is 5.15. The number of carbonyl (C=O) groups excluding carboxylic acids is 1. The van der Waals surface area contributed by atoms with Crippen LogP contribution in [0, 0.1) is 11.3 Å². The highest BCUT2D eigenvalue weighted by atomic mass is 32.1. The maximum atomic E-state index is 13.2. The van der Waals surface area contributed by atoms with Crippen LogP contribution in [-0.2, 0) is 9.53 Å². The van der Waals surface area contributed by atoms with Crippen molar-refractivity contribution in [2.24, 2.45) is 0 Å². The minimum Gasteiger partial charge on any atom is -0.497 e. The number of hydrogen-bond donors (Lipinski definition) is 0. The summed E-state index contributed by atoms with van der Waals surface area (Å²) in [4.78, 5) is 25.5. The molecule has 0 aliphatic heterocycles. The van der Waals surface area contributed by atoms with Crippen LogP contribution in [0.15, 0.2) is 59.4 Å². The van der Waals surface area contributed by atoms with E-state index in [0.29, 0.717) is 16.0 Å². The molecule has 0 bridgehead atoms. The quantitative estimate of drug-likeness (QED) is 0.605. The third kappa shape index (κ3) is 4.28. The number of benzene rings is 2. The Hall–Kier alpha value is -3.63. The summed E-state index contributed by atoms with van der Waals surface area (Å²) in [6.07, 6.45) is 1.72. The first-order valence-corrected chi connectivity index (χ1v) is 9.65. The van der Waals surface area contributed by atoms with Crippen molar-refractivity contribution in [2.45, 2.75) is 6.92 Å². The lowest BCUT2D eigenvalue weighted by atomic mass is 10.2. The molecule has 0 spiro atoms. The van der Waals surface area contributed by atoms with E-state index < -0.39 is 5.97 Å². The summed E-state index contributed by atoms with van der Waals surface area (Å²) in [5, 5.41) is 9.57. The number of esters is 1. The summed E-state index contributed by atoms with van der Waals surface area (Å²) in [5.74, 6) is -0.0462. The number of ether oxygens (including phenoxy) is 2. The molecule has 0 N–H and O–H groups in total. The van der Waals surface area contributed by atoms with Crippen LogP contribution in [0.3, 0.4) is 0 Å². The van der Waals surface area contributed by atoms with E-state index in [4.69, 9.17) is 9.47 Å². The van der Waals surface area contributed by atoms with E-state index in [-0.39, 0.29) is 22.4 Å². The summed E-state index contributed by atoms with van der Waals surface area (Å²) >= 11 is 1.08. The van der Waals surface area contributed by atoms with Crippen molar-refractivity contribution in [1.82, 2.24) is 4.57 Å². The van der Waals surface area contributed by atoms with Crippen molar-refractivity contribution in [1.29, 1.82) is 5.26 Å². The zero-order chi connectivity index (χ0) is 20.8. The lowest BCUT2D eigenvalue weighted by Gasteiger charge is -2.03. The summed E-state index contributed by atoms with van der Waals surface area (Å²) in [6.45, 7) is 1.80. The van der Waals surface area contributed by atoms with Gasteiger partial charge in [-0.3, -0.25) is 9.36 Å². The predicted octanol–water partition coefficient (Wildman–Crippen LogP) is 1.97. The SMILES string of the molecule is CCOC(=O)C(C#N)=c1sc(=Cc2ccc(OC)cc2)c(=O)n1-c1ccccc1. The van der Waals surface area contributed by atoms with E-state index >= 15 is 0 Å². The molecule has 2 aromatic carbocycles. The molecule has 29 heavy (non-hydrogen) atoms. The van der Waals surface area contributed by atoms with Gasteiger partial charge in [0, 0.05) is 0 Å². The van der Waals surface area contributed by atoms with Crippen LogP contribution in [0.2, 0.25) is 0 Å². The monoisotopic (exact) mass is 406 g/mol. The van der Waals surface area contributed by atoms with Gasteiger partial charge in [-0.1, -0.05) is 30.3 Å². The Balaban J connectivity index is 2.32. The van der Waals surface area contributed by atoms with Gasteiger partial charge < -0.3 is 9.47 Å². The Morgan fingerprint density at radius 1 is 1.17 bits per heavy atom. The summed E-state index contributed by atoms with van der Waals surface area (Å²) in [6, 6.07) is 18.0. The summed E-state index contributed by atoms with van der Waals surface area (Å²) in [5.41, 5.74) is 0.844. The highest BCUT2D eigenvalue weighted by Gasteiger charge is 2.17. The fraction of sp³-hybridized carbons (Fsp3) is 0.136. The average Bonchev–Trinajstić information content (AvgIpc) is 3.05. The molecule has 3 aromatic rings. The van der Waals surface area contributed by atoms with Gasteiger partial charge in [-0.25, -0.2) is 4.79 Å². The van der Waals surface area contributed by atoms with Crippen LogP contribution < -0.4 is 19.5 Å². The molecule has 1 heterocycles. The maximum Gasteiger partial charge on any atom is 0.351 e. The second-order valence-corrected chi connectivity index (χ2v) is 6.90. The lowest BCUT2D eigenvalue weighted by molar-refractivity contribution is -0.136. The normalized spacial score (nSPS) is 12.2. The smallest absolute Gasteiger partial charge is 0.351 e. The number of rotatable bonds is 5. The van der Waals surface area contributed by atoms with Gasteiger partial charge in [0.25, 0.3) is 5.56 Å². The van der Waals surface area contributed by atoms with Gasteiger partial charge in [-0.05, 0) is 42.8 Å². The fourth-order valence-electron chi connectivity index (χ4n) is 2.70. The molecule has 0 radical (unpaired) electrons. The minimum atomic E-state index is -0.753. The van der Waals surface area contributed by atoms with E-state index in [1.54, 1.807) is 56.5 Å². The van der Waals surface area contributed by atoms with Gasteiger partial charge in [-0.2, -0.15) is 5.26 Å². The molecule has 6 nitrogen and oxygen atoms in total. The molecule has 0 atom stereocenters. The predicted molar refractivity (Wildman–Crippen MR) is 111 cm³/mol. The van der Waals surface area contributed by atoms with Gasteiger partial charge >= 0.3 is 5.97 Å². The van der Waals surface area contributed by atoms with Crippen LogP contribution >= 0.6 is 11.3 Å². The molecule has 0 amide bonds. The van der Waals surface area contributed by atoms with Crippen LogP contribution in [-0.4, -0.2) is 24.3 Å². The van der Waals surface area contributed by atoms with E-state index in [9.17, 15) is 14.9 Å². The van der Waals surface area contributed by atoms with Gasteiger partial charge in [0.1, 0.15) is 16.5 Å². The first-order chi connectivity index (χ1) is 14.1. The number of methoxy groups -OCH3 is 1. The van der Waals surface area contributed by atoms with Crippen molar-refractivity contribution in [3.8, 4) is 17.5 Å². The van der Waals surface area contributed by atoms with Gasteiger partial charge in [0.15, 0.2) is 5.57 Å². The number of carbonyl (C=O) groups is 1. The number of hydrogen-bond acceptors (Lipinski definition) is 6. The number of aromatic nitrogens is 1. The second kappa shape index (κ2) is 9.04. The Labute approximate surface area is 171 Å². The van der Waals surface area contributed by atoms with Crippen LogP contribution in [0.4, 0.5) is 0 Å². The van der Waals surface area contributed by atoms with E-state index in [1.807, 2.05) is 24.3 Å². The van der Waals surface area contributed by atoms with Crippen LogP contribution in [0.5, 0.6) is 5.75 Å². The molecule has 3 rings (SSSR count). The highest BCUT2D eigenvalue weighted by molar-refractivity contribution is 7.07. The number of nitrogens with zero attached hydrogens (tertiary/aromatic N) is 2. The van der Waals surface area contributed by atoms with Crippen molar-refractivity contribution >= 4 is 29.0 Å². The highest BCUT2D eigenvalue weighted by Crippen LogP contribution is 2.11. The topological polar surface area (TPSA) is 81.3 Å². The third-order valence-electron chi connectivity index (χ3n) is 4.06. The van der Waals surface area contributed by atoms with E-state index in [1.165, 1.54) is 4.57 Å². The fourth-order valence-corrected chi connectivity index (χ4v) is 3.79. The molecule has 0 aliphatic rings. The number of nitriles is 1. The molecule has 7 heteroatoms. The number of para-hydroxylation sites is 1. The Bertz CT molecular complexity index is 1230. The molecule has 0 saturated heterocycles. The Kier molecular flexibility index (Phi) is 6.27. The van der Waals surface area contributed by atoms with Crippen molar-refractivity contribution in [3.63, 3.8) is 0 Å². The minimum absolute atomic E-state index is 0.135. The van der Waals surface area contributed by atoms with Crippen molar-refractivity contribution in [3.05, 3.63) is 79.7 Å². The van der Waals surface area contributed by atoms with E-state index in [2.05, 4.69) is 0 Å². The lowest BCUT2D eigenvalue weighted by Crippen LogP contribution is -2.31. The Morgan fingerprint density at radius 2 is 1.86 bits per heavy atom. The largest absolute Gasteiger partial charge is 0.497 e. The summed E-state index contributed by atoms with van der Waals surface area (Å²) in [7, 11) is 1.58. The summed E-state index contributed by atoms with van der Waals surface area (Å²) < 4.78 is 12.2. The van der Waals surface area contributed by atoms with Gasteiger partial charge in [0.2, 0.25) is 0 Å². The zero-order valence-corrected chi connectivity index (χ0v) is 16.7. The van der Waals surface area contributed by atoms with Crippen molar-refractivity contribution < 1.29 is 14.3 Å². The van der Waals surface area contributed by atoms with Gasteiger partial charge in [-0.15, -0.1) is 11.3 Å². The van der Waals surface area contributed by atoms with Crippen LogP contribution in [0.25, 0.3) is 17.3 Å². The molecular formula is C22H18N2O4S. The zero-order valence-electron chi connectivity index (χ0n) is 15.9. The Morgan fingerprint density at radius 3 is 2.45 bits per heavy atom. The molecule has 0 unspecified atom stereocenters. The first kappa shape index (κ1) is 20.1. The maximum absolute atomic E-state index is 13.2. The molecule has 0 aliphatic carbocycles. The standard InChI is InChI=1S/C22H18N2O4S/c1-3-28-22(26)18(14-23)21-24(16-7-5-4-6-8-16)20(25)19(29-21)13-15-9-11-17(27-2)12-10-15/h4-13H,3H2,1-2H3.